The van der Waals surface area contributed by atoms with Crippen LogP contribution in [0.3, 0.4) is 0 Å². The number of thioether (sulfide) groups is 1. The molecule has 2 amide bonds. The first kappa shape index (κ1) is 18.7. The van der Waals surface area contributed by atoms with E-state index < -0.39 is 0 Å². The molecule has 134 valence electrons. The zero-order valence-electron chi connectivity index (χ0n) is 14.2. The van der Waals surface area contributed by atoms with E-state index in [1.807, 2.05) is 6.92 Å². The SMILES string of the molecule is CCSC1=C(c2ccc(Cl)cc2)C(=O)N(CCc2ccc(F)cc2)C1=O. The molecule has 0 bridgehead atoms. The highest BCUT2D eigenvalue weighted by Gasteiger charge is 2.38. The lowest BCUT2D eigenvalue weighted by molar-refractivity contribution is -0.136. The van der Waals surface area contributed by atoms with E-state index in [4.69, 9.17) is 11.6 Å². The van der Waals surface area contributed by atoms with Crippen molar-refractivity contribution in [2.45, 2.75) is 13.3 Å². The third-order valence-electron chi connectivity index (χ3n) is 4.08. The highest BCUT2D eigenvalue weighted by atomic mass is 35.5. The van der Waals surface area contributed by atoms with Gasteiger partial charge in [0.05, 0.1) is 10.5 Å². The molecule has 1 aliphatic rings. The number of nitrogens with zero attached hydrogens (tertiary/aromatic N) is 1. The van der Waals surface area contributed by atoms with E-state index >= 15 is 0 Å². The highest BCUT2D eigenvalue weighted by molar-refractivity contribution is 8.04. The van der Waals surface area contributed by atoms with Crippen molar-refractivity contribution in [2.24, 2.45) is 0 Å². The second-order valence-electron chi connectivity index (χ2n) is 5.78. The molecule has 26 heavy (non-hydrogen) atoms. The van der Waals surface area contributed by atoms with Gasteiger partial charge < -0.3 is 0 Å². The van der Waals surface area contributed by atoms with Gasteiger partial charge in [0.15, 0.2) is 0 Å². The van der Waals surface area contributed by atoms with Gasteiger partial charge in [-0.05, 0) is 47.6 Å². The first-order chi connectivity index (χ1) is 12.5. The van der Waals surface area contributed by atoms with Crippen molar-refractivity contribution in [2.75, 3.05) is 12.3 Å². The molecule has 2 aromatic rings. The van der Waals surface area contributed by atoms with Gasteiger partial charge in [0, 0.05) is 11.6 Å². The summed E-state index contributed by atoms with van der Waals surface area (Å²) < 4.78 is 13.0. The third kappa shape index (κ3) is 3.84. The summed E-state index contributed by atoms with van der Waals surface area (Å²) >= 11 is 7.30. The summed E-state index contributed by atoms with van der Waals surface area (Å²) in [6.45, 7) is 2.20. The standard InChI is InChI=1S/C20H17ClFNO2S/c1-2-26-18-17(14-5-7-15(21)8-6-14)19(24)23(20(18)25)12-11-13-3-9-16(22)10-4-13/h3-10H,2,11-12H2,1H3. The summed E-state index contributed by atoms with van der Waals surface area (Å²) in [5, 5.41) is 0.573. The van der Waals surface area contributed by atoms with Gasteiger partial charge in [-0.3, -0.25) is 14.5 Å². The van der Waals surface area contributed by atoms with Crippen LogP contribution < -0.4 is 0 Å². The molecule has 2 aromatic carbocycles. The Balaban J connectivity index is 1.84. The Labute approximate surface area is 160 Å². The van der Waals surface area contributed by atoms with E-state index in [0.29, 0.717) is 33.2 Å². The van der Waals surface area contributed by atoms with Crippen molar-refractivity contribution < 1.29 is 14.0 Å². The fourth-order valence-corrected chi connectivity index (χ4v) is 3.80. The van der Waals surface area contributed by atoms with E-state index in [9.17, 15) is 14.0 Å². The number of carbonyl (C=O) groups excluding carboxylic acids is 2. The average Bonchev–Trinajstić information content (AvgIpc) is 2.86. The lowest BCUT2D eigenvalue weighted by Crippen LogP contribution is -2.33. The Bertz CT molecular complexity index is 862. The van der Waals surface area contributed by atoms with Crippen LogP contribution in [0.2, 0.25) is 5.02 Å². The van der Waals surface area contributed by atoms with Crippen LogP contribution in [0.15, 0.2) is 53.4 Å². The molecule has 0 aliphatic carbocycles. The molecule has 0 saturated carbocycles. The number of benzene rings is 2. The van der Waals surface area contributed by atoms with Crippen LogP contribution >= 0.6 is 23.4 Å². The van der Waals surface area contributed by atoms with Crippen LogP contribution in [0.1, 0.15) is 18.1 Å². The maximum atomic E-state index is 13.0. The maximum Gasteiger partial charge on any atom is 0.267 e. The lowest BCUT2D eigenvalue weighted by Gasteiger charge is -2.15. The molecule has 0 aromatic heterocycles. The molecule has 6 heteroatoms. The number of hydrogen-bond acceptors (Lipinski definition) is 3. The van der Waals surface area contributed by atoms with Crippen molar-refractivity contribution >= 4 is 40.8 Å². The van der Waals surface area contributed by atoms with Crippen molar-refractivity contribution in [1.29, 1.82) is 0 Å². The molecule has 1 heterocycles. The summed E-state index contributed by atoms with van der Waals surface area (Å²) in [6, 6.07) is 13.0. The Hall–Kier alpha value is -2.11. The molecule has 0 atom stereocenters. The number of imide groups is 1. The first-order valence-corrected chi connectivity index (χ1v) is 9.61. The molecule has 0 saturated heterocycles. The van der Waals surface area contributed by atoms with Gasteiger partial charge >= 0.3 is 0 Å². The van der Waals surface area contributed by atoms with Gasteiger partial charge in [-0.25, -0.2) is 4.39 Å². The minimum atomic E-state index is -0.310. The van der Waals surface area contributed by atoms with Crippen LogP contribution in [-0.2, 0) is 16.0 Å². The minimum absolute atomic E-state index is 0.258. The number of hydrogen-bond donors (Lipinski definition) is 0. The fourth-order valence-electron chi connectivity index (χ4n) is 2.80. The van der Waals surface area contributed by atoms with Gasteiger partial charge in [0.2, 0.25) is 0 Å². The summed E-state index contributed by atoms with van der Waals surface area (Å²) in [5.41, 5.74) is 1.99. The predicted molar refractivity (Wildman–Crippen MR) is 103 cm³/mol. The second kappa shape index (κ2) is 8.06. The number of amides is 2. The van der Waals surface area contributed by atoms with Gasteiger partial charge in [-0.2, -0.15) is 0 Å². The quantitative estimate of drug-likeness (QED) is 0.680. The summed E-state index contributed by atoms with van der Waals surface area (Å²) in [4.78, 5) is 27.4. The molecule has 0 spiro atoms. The Morgan fingerprint density at radius 1 is 1.00 bits per heavy atom. The van der Waals surface area contributed by atoms with Crippen LogP contribution in [-0.4, -0.2) is 29.0 Å². The van der Waals surface area contributed by atoms with Crippen molar-refractivity contribution in [3.63, 3.8) is 0 Å². The average molecular weight is 390 g/mol. The van der Waals surface area contributed by atoms with E-state index in [0.717, 1.165) is 5.56 Å². The van der Waals surface area contributed by atoms with Crippen molar-refractivity contribution in [1.82, 2.24) is 4.90 Å². The molecule has 3 rings (SSSR count). The molecule has 0 N–H and O–H groups in total. The Kier molecular flexibility index (Phi) is 5.79. The smallest absolute Gasteiger partial charge is 0.267 e. The summed E-state index contributed by atoms with van der Waals surface area (Å²) in [6.07, 6.45) is 0.482. The van der Waals surface area contributed by atoms with Crippen LogP contribution in [0.5, 0.6) is 0 Å². The van der Waals surface area contributed by atoms with Crippen molar-refractivity contribution in [3.8, 4) is 0 Å². The minimum Gasteiger partial charge on any atom is -0.274 e. The zero-order chi connectivity index (χ0) is 18.7. The van der Waals surface area contributed by atoms with Crippen LogP contribution in [0, 0.1) is 5.82 Å². The van der Waals surface area contributed by atoms with Gasteiger partial charge in [0.1, 0.15) is 5.82 Å². The second-order valence-corrected chi connectivity index (χ2v) is 7.49. The van der Waals surface area contributed by atoms with Gasteiger partial charge in [-0.1, -0.05) is 42.8 Å². The third-order valence-corrected chi connectivity index (χ3v) is 5.29. The fraction of sp³-hybridized carbons (Fsp3) is 0.200. The van der Waals surface area contributed by atoms with Crippen LogP contribution in [0.25, 0.3) is 5.57 Å². The largest absolute Gasteiger partial charge is 0.274 e. The Morgan fingerprint density at radius 3 is 2.27 bits per heavy atom. The number of rotatable bonds is 6. The normalized spacial score (nSPS) is 14.5. The summed E-state index contributed by atoms with van der Waals surface area (Å²) in [7, 11) is 0. The monoisotopic (exact) mass is 389 g/mol. The van der Waals surface area contributed by atoms with Gasteiger partial charge in [0.25, 0.3) is 11.8 Å². The topological polar surface area (TPSA) is 37.4 Å². The van der Waals surface area contributed by atoms with E-state index in [1.54, 1.807) is 36.4 Å². The molecular formula is C20H17ClFNO2S. The van der Waals surface area contributed by atoms with Gasteiger partial charge in [-0.15, -0.1) is 11.8 Å². The highest BCUT2D eigenvalue weighted by Crippen LogP contribution is 2.36. The van der Waals surface area contributed by atoms with E-state index in [-0.39, 0.29) is 24.2 Å². The molecule has 0 radical (unpaired) electrons. The molecule has 1 aliphatic heterocycles. The summed E-state index contributed by atoms with van der Waals surface area (Å²) in [5.74, 6) is -0.184. The molecular weight excluding hydrogens is 373 g/mol. The van der Waals surface area contributed by atoms with E-state index in [1.165, 1.54) is 28.8 Å². The van der Waals surface area contributed by atoms with Crippen molar-refractivity contribution in [3.05, 3.63) is 75.4 Å². The molecule has 0 unspecified atom stereocenters. The number of carbonyl (C=O) groups is 2. The molecule has 0 fully saturated rings. The zero-order valence-corrected chi connectivity index (χ0v) is 15.7. The Morgan fingerprint density at radius 2 is 1.65 bits per heavy atom. The van der Waals surface area contributed by atoms with Crippen LogP contribution in [0.4, 0.5) is 4.39 Å². The molecule has 3 nitrogen and oxygen atoms in total. The lowest BCUT2D eigenvalue weighted by atomic mass is 10.1. The maximum absolute atomic E-state index is 13.0. The first-order valence-electron chi connectivity index (χ1n) is 8.25. The number of halogens is 2. The van der Waals surface area contributed by atoms with E-state index in [2.05, 4.69) is 0 Å². The predicted octanol–water partition coefficient (Wildman–Crippen LogP) is 4.55.